The average molecular weight is 261 g/mol. The molecule has 1 nitrogen and oxygen atoms in total. The summed E-state index contributed by atoms with van der Waals surface area (Å²) in [6.45, 7) is 1.75. The molecule has 0 unspecified atom stereocenters. The lowest BCUT2D eigenvalue weighted by Gasteiger charge is -2.13. The highest BCUT2D eigenvalue weighted by atomic mass is 19.4. The molecule has 0 saturated carbocycles. The van der Waals surface area contributed by atoms with Crippen LogP contribution in [0.3, 0.4) is 0 Å². The van der Waals surface area contributed by atoms with E-state index in [9.17, 15) is 13.2 Å². The van der Waals surface area contributed by atoms with Crippen LogP contribution in [0.2, 0.25) is 0 Å². The molecule has 0 bridgehead atoms. The van der Waals surface area contributed by atoms with Gasteiger partial charge in [0.05, 0.1) is 17.2 Å². The van der Waals surface area contributed by atoms with Crippen molar-refractivity contribution in [3.8, 4) is 17.2 Å². The van der Waals surface area contributed by atoms with Crippen LogP contribution in [-0.2, 0) is 6.18 Å². The molecule has 0 spiro atoms. The monoisotopic (exact) mass is 261 g/mol. The van der Waals surface area contributed by atoms with Crippen LogP contribution >= 0.6 is 0 Å². The highest BCUT2D eigenvalue weighted by Crippen LogP contribution is 2.37. The van der Waals surface area contributed by atoms with Crippen molar-refractivity contribution in [2.45, 2.75) is 13.1 Å². The molecule has 0 amide bonds. The van der Waals surface area contributed by atoms with Gasteiger partial charge in [-0.25, -0.2) is 0 Å². The zero-order valence-corrected chi connectivity index (χ0v) is 10.1. The van der Waals surface area contributed by atoms with E-state index in [0.29, 0.717) is 11.1 Å². The van der Waals surface area contributed by atoms with Crippen LogP contribution in [0, 0.1) is 18.3 Å². The first-order valence-corrected chi connectivity index (χ1v) is 5.61. The molecule has 2 aromatic carbocycles. The van der Waals surface area contributed by atoms with Crippen LogP contribution < -0.4 is 0 Å². The standard InChI is InChI=1S/C15H10F3N/c1-10-6-7-11(8-12(10)9-19)13-4-2-3-5-14(13)15(16,17)18/h2-8H,1H3. The lowest BCUT2D eigenvalue weighted by molar-refractivity contribution is -0.137. The van der Waals surface area contributed by atoms with Crippen LogP contribution in [0.1, 0.15) is 16.7 Å². The Labute approximate surface area is 108 Å². The Morgan fingerprint density at radius 1 is 1.05 bits per heavy atom. The fourth-order valence-electron chi connectivity index (χ4n) is 1.89. The van der Waals surface area contributed by atoms with Crippen molar-refractivity contribution in [2.24, 2.45) is 0 Å². The van der Waals surface area contributed by atoms with E-state index in [2.05, 4.69) is 0 Å². The molecule has 19 heavy (non-hydrogen) atoms. The summed E-state index contributed by atoms with van der Waals surface area (Å²) in [6, 6.07) is 12.1. The second-order valence-corrected chi connectivity index (χ2v) is 4.18. The van der Waals surface area contributed by atoms with Gasteiger partial charge in [-0.05, 0) is 35.7 Å². The largest absolute Gasteiger partial charge is 0.417 e. The van der Waals surface area contributed by atoms with Gasteiger partial charge in [0.1, 0.15) is 0 Å². The zero-order valence-electron chi connectivity index (χ0n) is 10.1. The minimum atomic E-state index is -4.41. The summed E-state index contributed by atoms with van der Waals surface area (Å²) >= 11 is 0. The maximum absolute atomic E-state index is 12.9. The molecule has 0 aliphatic carbocycles. The van der Waals surface area contributed by atoms with Gasteiger partial charge >= 0.3 is 6.18 Å². The van der Waals surface area contributed by atoms with Gasteiger partial charge in [0.15, 0.2) is 0 Å². The average Bonchev–Trinajstić information content (AvgIpc) is 2.38. The number of hydrogen-bond acceptors (Lipinski definition) is 1. The van der Waals surface area contributed by atoms with E-state index in [1.54, 1.807) is 25.1 Å². The Morgan fingerprint density at radius 2 is 1.74 bits per heavy atom. The third kappa shape index (κ3) is 2.60. The summed E-state index contributed by atoms with van der Waals surface area (Å²) in [6.07, 6.45) is -4.41. The maximum atomic E-state index is 12.9. The molecule has 0 aliphatic heterocycles. The van der Waals surface area contributed by atoms with Crippen molar-refractivity contribution >= 4 is 0 Å². The number of hydrogen-bond donors (Lipinski definition) is 0. The van der Waals surface area contributed by atoms with Crippen LogP contribution in [0.5, 0.6) is 0 Å². The predicted molar refractivity (Wildman–Crippen MR) is 66.3 cm³/mol. The third-order valence-corrected chi connectivity index (χ3v) is 2.90. The second-order valence-electron chi connectivity index (χ2n) is 4.18. The number of alkyl halides is 3. The Hall–Kier alpha value is -2.28. The van der Waals surface area contributed by atoms with Crippen molar-refractivity contribution in [1.82, 2.24) is 0 Å². The van der Waals surface area contributed by atoms with E-state index in [0.717, 1.165) is 11.6 Å². The molecular formula is C15H10F3N. The van der Waals surface area contributed by atoms with Gasteiger partial charge in [0, 0.05) is 0 Å². The highest BCUT2D eigenvalue weighted by molar-refractivity contribution is 5.70. The Balaban J connectivity index is 2.64. The van der Waals surface area contributed by atoms with Crippen LogP contribution in [-0.4, -0.2) is 0 Å². The molecular weight excluding hydrogens is 251 g/mol. The summed E-state index contributed by atoms with van der Waals surface area (Å²) in [5.41, 5.74) is 0.925. The number of nitriles is 1. The normalized spacial score (nSPS) is 11.1. The molecule has 0 atom stereocenters. The lowest BCUT2D eigenvalue weighted by atomic mass is 9.96. The quantitative estimate of drug-likeness (QED) is 0.738. The van der Waals surface area contributed by atoms with E-state index in [1.165, 1.54) is 18.2 Å². The first kappa shape index (κ1) is 13.2. The van der Waals surface area contributed by atoms with Gasteiger partial charge in [0.25, 0.3) is 0 Å². The molecule has 4 heteroatoms. The predicted octanol–water partition coefficient (Wildman–Crippen LogP) is 4.55. The Bertz CT molecular complexity index is 651. The van der Waals surface area contributed by atoms with Gasteiger partial charge in [-0.2, -0.15) is 18.4 Å². The molecule has 0 aliphatic rings. The summed E-state index contributed by atoms with van der Waals surface area (Å²) in [5.74, 6) is 0. The fraction of sp³-hybridized carbons (Fsp3) is 0.133. The number of benzene rings is 2. The first-order chi connectivity index (χ1) is 8.93. The third-order valence-electron chi connectivity index (χ3n) is 2.90. The SMILES string of the molecule is Cc1ccc(-c2ccccc2C(F)(F)F)cc1C#N. The summed E-state index contributed by atoms with van der Waals surface area (Å²) < 4.78 is 38.8. The van der Waals surface area contributed by atoms with Crippen molar-refractivity contribution in [3.05, 3.63) is 59.2 Å². The van der Waals surface area contributed by atoms with E-state index in [-0.39, 0.29) is 5.56 Å². The Kier molecular flexibility index (Phi) is 3.30. The van der Waals surface area contributed by atoms with Crippen molar-refractivity contribution in [1.29, 1.82) is 5.26 Å². The molecule has 0 aromatic heterocycles. The molecule has 96 valence electrons. The molecule has 0 N–H and O–H groups in total. The smallest absolute Gasteiger partial charge is 0.192 e. The maximum Gasteiger partial charge on any atom is 0.417 e. The topological polar surface area (TPSA) is 23.8 Å². The zero-order chi connectivity index (χ0) is 14.0. The van der Waals surface area contributed by atoms with Crippen molar-refractivity contribution in [3.63, 3.8) is 0 Å². The van der Waals surface area contributed by atoms with E-state index in [1.807, 2.05) is 6.07 Å². The van der Waals surface area contributed by atoms with Gasteiger partial charge in [0.2, 0.25) is 0 Å². The van der Waals surface area contributed by atoms with E-state index >= 15 is 0 Å². The molecule has 0 fully saturated rings. The minimum absolute atomic E-state index is 0.0894. The first-order valence-electron chi connectivity index (χ1n) is 5.61. The van der Waals surface area contributed by atoms with Crippen LogP contribution in [0.25, 0.3) is 11.1 Å². The molecule has 0 radical (unpaired) electrons. The van der Waals surface area contributed by atoms with Crippen molar-refractivity contribution < 1.29 is 13.2 Å². The summed E-state index contributed by atoms with van der Waals surface area (Å²) in [5, 5.41) is 8.95. The number of rotatable bonds is 1. The van der Waals surface area contributed by atoms with Gasteiger partial charge in [-0.1, -0.05) is 30.3 Å². The molecule has 2 aromatic rings. The van der Waals surface area contributed by atoms with Crippen LogP contribution in [0.4, 0.5) is 13.2 Å². The lowest BCUT2D eigenvalue weighted by Crippen LogP contribution is -2.06. The highest BCUT2D eigenvalue weighted by Gasteiger charge is 2.33. The number of halogens is 3. The molecule has 0 saturated heterocycles. The minimum Gasteiger partial charge on any atom is -0.192 e. The van der Waals surface area contributed by atoms with Gasteiger partial charge in [-0.3, -0.25) is 0 Å². The van der Waals surface area contributed by atoms with E-state index < -0.39 is 11.7 Å². The fourth-order valence-corrected chi connectivity index (χ4v) is 1.89. The van der Waals surface area contributed by atoms with Gasteiger partial charge < -0.3 is 0 Å². The number of nitrogens with zero attached hydrogens (tertiary/aromatic N) is 1. The summed E-state index contributed by atoms with van der Waals surface area (Å²) in [4.78, 5) is 0. The molecule has 0 heterocycles. The number of aryl methyl sites for hydroxylation is 1. The molecule has 2 rings (SSSR count). The van der Waals surface area contributed by atoms with Crippen LogP contribution in [0.15, 0.2) is 42.5 Å². The van der Waals surface area contributed by atoms with Gasteiger partial charge in [-0.15, -0.1) is 0 Å². The summed E-state index contributed by atoms with van der Waals surface area (Å²) in [7, 11) is 0. The van der Waals surface area contributed by atoms with E-state index in [4.69, 9.17) is 5.26 Å². The van der Waals surface area contributed by atoms with Crippen molar-refractivity contribution in [2.75, 3.05) is 0 Å². The Morgan fingerprint density at radius 3 is 2.37 bits per heavy atom. The second kappa shape index (κ2) is 4.77.